The first-order valence-electron chi connectivity index (χ1n) is 11.1. The number of halogens is 1. The number of carbonyl (C=O) groups is 2. The van der Waals surface area contributed by atoms with Crippen molar-refractivity contribution in [3.63, 3.8) is 0 Å². The number of allylic oxidation sites excluding steroid dienone is 1. The van der Waals surface area contributed by atoms with Crippen molar-refractivity contribution in [2.45, 2.75) is 31.6 Å². The zero-order valence-corrected chi connectivity index (χ0v) is 19.5. The molecule has 2 aromatic rings. The van der Waals surface area contributed by atoms with Crippen molar-refractivity contribution in [2.24, 2.45) is 5.73 Å². The Morgan fingerprint density at radius 3 is 2.65 bits per heavy atom. The summed E-state index contributed by atoms with van der Waals surface area (Å²) in [5.74, 6) is -0.349. The van der Waals surface area contributed by atoms with Crippen molar-refractivity contribution >= 4 is 34.7 Å². The van der Waals surface area contributed by atoms with Crippen LogP contribution in [0.5, 0.6) is 0 Å². The Labute approximate surface area is 203 Å². The lowest BCUT2D eigenvalue weighted by Gasteiger charge is -2.44. The third kappa shape index (κ3) is 2.68. The molecule has 2 N–H and O–H groups in total. The second kappa shape index (κ2) is 7.89. The number of nitriles is 1. The van der Waals surface area contributed by atoms with Crippen LogP contribution < -0.4 is 15.5 Å². The maximum absolute atomic E-state index is 14.2. The zero-order valence-electron chi connectivity index (χ0n) is 18.8. The van der Waals surface area contributed by atoms with E-state index in [0.717, 1.165) is 5.56 Å². The highest BCUT2D eigenvalue weighted by atomic mass is 35.5. The molecule has 6 nitrogen and oxygen atoms in total. The molecule has 0 saturated carbocycles. The van der Waals surface area contributed by atoms with E-state index in [1.54, 1.807) is 28.0 Å². The molecule has 0 fully saturated rings. The monoisotopic (exact) mass is 470 g/mol. The highest BCUT2D eigenvalue weighted by molar-refractivity contribution is 6.31. The summed E-state index contributed by atoms with van der Waals surface area (Å²) >= 11 is 6.42. The summed E-state index contributed by atoms with van der Waals surface area (Å²) < 4.78 is 0. The summed E-state index contributed by atoms with van der Waals surface area (Å²) in [4.78, 5) is 31.2. The molecule has 1 atom stereocenters. The number of carbonyl (C=O) groups excluding carboxylic acids is 2. The Morgan fingerprint density at radius 1 is 1.18 bits per heavy atom. The van der Waals surface area contributed by atoms with Gasteiger partial charge in [0.05, 0.1) is 11.3 Å². The lowest BCUT2D eigenvalue weighted by Crippen LogP contribution is -2.52. The van der Waals surface area contributed by atoms with E-state index in [1.807, 2.05) is 37.3 Å². The Bertz CT molecular complexity index is 1380. The summed E-state index contributed by atoms with van der Waals surface area (Å²) in [6.45, 7) is 5.91. The number of nitrogens with zero attached hydrogens (tertiary/aromatic N) is 3. The number of hydrogen-bond acceptors (Lipinski definition) is 5. The molecule has 0 radical (unpaired) electrons. The average Bonchev–Trinajstić information content (AvgIpc) is 3.06. The van der Waals surface area contributed by atoms with Gasteiger partial charge in [-0.05, 0) is 43.5 Å². The van der Waals surface area contributed by atoms with Gasteiger partial charge in [0, 0.05) is 40.5 Å². The number of Topliss-reactive ketones (excluding diaryl/α,β-unsaturated/α-hetero) is 1. The molecule has 7 heteroatoms. The molecule has 2 aliphatic heterocycles. The van der Waals surface area contributed by atoms with Crippen LogP contribution in [-0.2, 0) is 15.0 Å². The van der Waals surface area contributed by atoms with E-state index in [1.165, 1.54) is 0 Å². The van der Waals surface area contributed by atoms with Crippen LogP contribution in [-0.4, -0.2) is 18.2 Å². The van der Waals surface area contributed by atoms with Crippen LogP contribution in [0, 0.1) is 18.3 Å². The Balaban J connectivity index is 1.90. The molecule has 34 heavy (non-hydrogen) atoms. The predicted molar refractivity (Wildman–Crippen MR) is 132 cm³/mol. The highest BCUT2D eigenvalue weighted by Gasteiger charge is 2.62. The number of amides is 1. The number of hydrogen-bond donors (Lipinski definition) is 1. The molecule has 1 aliphatic carbocycles. The quantitative estimate of drug-likeness (QED) is 0.660. The van der Waals surface area contributed by atoms with Gasteiger partial charge in [-0.3, -0.25) is 14.5 Å². The van der Waals surface area contributed by atoms with Gasteiger partial charge in [0.15, 0.2) is 5.78 Å². The lowest BCUT2D eigenvalue weighted by molar-refractivity contribution is -0.124. The number of anilines is 2. The molecule has 0 aromatic heterocycles. The minimum Gasteiger partial charge on any atom is -0.384 e. The van der Waals surface area contributed by atoms with Gasteiger partial charge in [-0.2, -0.15) is 5.26 Å². The number of fused-ring (bicyclic) bond motifs is 3. The average molecular weight is 471 g/mol. The zero-order chi connectivity index (χ0) is 24.2. The van der Waals surface area contributed by atoms with Crippen molar-refractivity contribution in [3.05, 3.63) is 93.9 Å². The Kier molecular flexibility index (Phi) is 5.11. The molecule has 2 heterocycles. The van der Waals surface area contributed by atoms with Crippen LogP contribution in [0.15, 0.2) is 77.8 Å². The molecular formula is C27H23ClN4O2. The van der Waals surface area contributed by atoms with E-state index < -0.39 is 5.41 Å². The van der Waals surface area contributed by atoms with Crippen molar-refractivity contribution in [1.29, 1.82) is 5.26 Å². The second-order valence-electron chi connectivity index (χ2n) is 8.66. The third-order valence-electron chi connectivity index (χ3n) is 6.97. The summed E-state index contributed by atoms with van der Waals surface area (Å²) in [6.07, 6.45) is 3.12. The maximum Gasteiger partial charge on any atom is 0.248 e. The van der Waals surface area contributed by atoms with Crippen LogP contribution >= 0.6 is 11.6 Å². The minimum absolute atomic E-state index is 0.0601. The van der Waals surface area contributed by atoms with Gasteiger partial charge in [-0.15, -0.1) is 6.58 Å². The summed E-state index contributed by atoms with van der Waals surface area (Å²) in [6, 6.07) is 15.0. The molecule has 3 aliphatic rings. The van der Waals surface area contributed by atoms with Crippen LogP contribution in [0.2, 0.25) is 5.02 Å². The summed E-state index contributed by atoms with van der Waals surface area (Å²) in [5, 5.41) is 11.0. The van der Waals surface area contributed by atoms with Crippen molar-refractivity contribution < 1.29 is 9.59 Å². The van der Waals surface area contributed by atoms with Gasteiger partial charge in [-0.1, -0.05) is 41.9 Å². The molecular weight excluding hydrogens is 448 g/mol. The first-order chi connectivity index (χ1) is 16.4. The lowest BCUT2D eigenvalue weighted by atomic mass is 9.63. The Hall–Kier alpha value is -3.82. The second-order valence-corrected chi connectivity index (χ2v) is 9.07. The standard InChI is InChI=1S/C27H23ClN4O2/c1-3-14-31-21-10-5-4-8-17(21)27(26(31)34)18(15-29)25(30)32(20-11-6-9-19(28)16(20)2)22-12-7-13-23(33)24(22)27/h3-6,8-11H,1,7,12-14,30H2,2H3. The number of ketones is 1. The first kappa shape index (κ1) is 22.0. The molecule has 5 rings (SSSR count). The number of rotatable bonds is 3. The van der Waals surface area contributed by atoms with Gasteiger partial charge in [0.2, 0.25) is 5.91 Å². The fraction of sp³-hybridized carbons (Fsp3) is 0.222. The van der Waals surface area contributed by atoms with E-state index in [0.29, 0.717) is 52.5 Å². The third-order valence-corrected chi connectivity index (χ3v) is 7.38. The van der Waals surface area contributed by atoms with E-state index in [4.69, 9.17) is 17.3 Å². The summed E-state index contributed by atoms with van der Waals surface area (Å²) in [5.41, 5.74) is 8.94. The fourth-order valence-electron chi connectivity index (χ4n) is 5.55. The van der Waals surface area contributed by atoms with E-state index >= 15 is 0 Å². The Morgan fingerprint density at radius 2 is 1.91 bits per heavy atom. The predicted octanol–water partition coefficient (Wildman–Crippen LogP) is 4.64. The first-order valence-corrected chi connectivity index (χ1v) is 11.5. The van der Waals surface area contributed by atoms with Gasteiger partial charge in [0.1, 0.15) is 17.3 Å². The largest absolute Gasteiger partial charge is 0.384 e. The van der Waals surface area contributed by atoms with Gasteiger partial charge >= 0.3 is 0 Å². The summed E-state index contributed by atoms with van der Waals surface area (Å²) in [7, 11) is 0. The highest BCUT2D eigenvalue weighted by Crippen LogP contribution is 2.57. The number of benzene rings is 2. The van der Waals surface area contributed by atoms with E-state index in [9.17, 15) is 14.9 Å². The van der Waals surface area contributed by atoms with E-state index in [-0.39, 0.29) is 29.6 Å². The molecule has 1 amide bonds. The van der Waals surface area contributed by atoms with Crippen LogP contribution in [0.3, 0.4) is 0 Å². The maximum atomic E-state index is 14.2. The van der Waals surface area contributed by atoms with Crippen molar-refractivity contribution in [1.82, 2.24) is 0 Å². The van der Waals surface area contributed by atoms with Gasteiger partial charge < -0.3 is 10.6 Å². The number of para-hydroxylation sites is 1. The topological polar surface area (TPSA) is 90.4 Å². The number of nitrogens with two attached hydrogens (primary N) is 1. The minimum atomic E-state index is -1.58. The molecule has 0 bridgehead atoms. The fourth-order valence-corrected chi connectivity index (χ4v) is 5.72. The van der Waals surface area contributed by atoms with Crippen LogP contribution in [0.4, 0.5) is 11.4 Å². The molecule has 1 spiro atoms. The smallest absolute Gasteiger partial charge is 0.248 e. The van der Waals surface area contributed by atoms with Crippen molar-refractivity contribution in [3.8, 4) is 6.07 Å². The van der Waals surface area contributed by atoms with E-state index in [2.05, 4.69) is 12.6 Å². The van der Waals surface area contributed by atoms with Gasteiger partial charge in [-0.25, -0.2) is 0 Å². The van der Waals surface area contributed by atoms with Crippen molar-refractivity contribution in [2.75, 3.05) is 16.3 Å². The SMILES string of the molecule is C=CCN1C(=O)C2(C(C#N)=C(N)N(c3cccc(Cl)c3C)C3=C2C(=O)CCC3)c2ccccc21. The molecule has 1 unspecified atom stereocenters. The van der Waals surface area contributed by atoms with Crippen LogP contribution in [0.25, 0.3) is 0 Å². The molecule has 2 aromatic carbocycles. The molecule has 170 valence electrons. The normalized spacial score (nSPS) is 21.7. The molecule has 0 saturated heterocycles. The van der Waals surface area contributed by atoms with Gasteiger partial charge in [0.25, 0.3) is 0 Å². The van der Waals surface area contributed by atoms with Crippen LogP contribution in [0.1, 0.15) is 30.4 Å².